The number of nitro benzene ring substituents is 1. The van der Waals surface area contributed by atoms with Gasteiger partial charge in [0.05, 0.1) is 4.92 Å². The van der Waals surface area contributed by atoms with Crippen molar-refractivity contribution < 1.29 is 14.1 Å². The first-order valence-electron chi connectivity index (χ1n) is 10.6. The first-order valence-corrected chi connectivity index (χ1v) is 10.6. The molecule has 0 radical (unpaired) electrons. The van der Waals surface area contributed by atoms with E-state index in [0.29, 0.717) is 28.2 Å². The van der Waals surface area contributed by atoms with Crippen LogP contribution < -0.4 is 5.32 Å². The van der Waals surface area contributed by atoms with Gasteiger partial charge in [0.2, 0.25) is 5.89 Å². The summed E-state index contributed by atoms with van der Waals surface area (Å²) in [6.07, 6.45) is 0. The van der Waals surface area contributed by atoms with Gasteiger partial charge < -0.3 is 9.73 Å². The monoisotopic (exact) mass is 449 g/mol. The van der Waals surface area contributed by atoms with Crippen LogP contribution in [0.3, 0.4) is 0 Å². The number of carbonyl (C=O) groups is 1. The van der Waals surface area contributed by atoms with E-state index in [1.165, 1.54) is 6.07 Å². The Morgan fingerprint density at radius 3 is 2.32 bits per heavy atom. The second-order valence-corrected chi connectivity index (χ2v) is 7.86. The van der Waals surface area contributed by atoms with E-state index >= 15 is 0 Å². The van der Waals surface area contributed by atoms with Gasteiger partial charge in [-0.1, -0.05) is 48.5 Å². The molecule has 5 aromatic rings. The summed E-state index contributed by atoms with van der Waals surface area (Å²) in [7, 11) is 0. The molecule has 0 atom stereocenters. The number of nitrogens with zero attached hydrogens (tertiary/aromatic N) is 2. The number of hydrogen-bond donors (Lipinski definition) is 1. The predicted molar refractivity (Wildman–Crippen MR) is 131 cm³/mol. The van der Waals surface area contributed by atoms with Crippen molar-refractivity contribution in [3.63, 3.8) is 0 Å². The standard InChI is InChI=1S/C27H19N3O4/c1-17-7-8-21(15-24(17)30(32)33)26(31)28-22-13-14-25-23(16-22)29-27(34-25)20-11-9-19(10-12-20)18-5-3-2-4-6-18/h2-16H,1H3,(H,28,31). The van der Waals surface area contributed by atoms with Gasteiger partial charge in [0.25, 0.3) is 11.6 Å². The maximum absolute atomic E-state index is 12.6. The topological polar surface area (TPSA) is 98.3 Å². The lowest BCUT2D eigenvalue weighted by Gasteiger charge is -2.06. The van der Waals surface area contributed by atoms with Crippen molar-refractivity contribution in [2.24, 2.45) is 0 Å². The summed E-state index contributed by atoms with van der Waals surface area (Å²) in [5.74, 6) is 0.0370. The highest BCUT2D eigenvalue weighted by atomic mass is 16.6. The maximum Gasteiger partial charge on any atom is 0.273 e. The van der Waals surface area contributed by atoms with E-state index < -0.39 is 10.8 Å². The van der Waals surface area contributed by atoms with Crippen molar-refractivity contribution in [2.45, 2.75) is 6.92 Å². The maximum atomic E-state index is 12.6. The largest absolute Gasteiger partial charge is 0.436 e. The van der Waals surface area contributed by atoms with E-state index in [1.807, 2.05) is 42.5 Å². The van der Waals surface area contributed by atoms with Crippen LogP contribution in [0.1, 0.15) is 15.9 Å². The Labute approximate surface area is 194 Å². The first-order chi connectivity index (χ1) is 16.5. The van der Waals surface area contributed by atoms with Gasteiger partial charge >= 0.3 is 0 Å². The Morgan fingerprint density at radius 2 is 1.59 bits per heavy atom. The molecule has 0 saturated carbocycles. The van der Waals surface area contributed by atoms with E-state index in [1.54, 1.807) is 37.3 Å². The van der Waals surface area contributed by atoms with Crippen molar-refractivity contribution in [1.29, 1.82) is 0 Å². The molecular weight excluding hydrogens is 430 g/mol. The smallest absolute Gasteiger partial charge is 0.273 e. The van der Waals surface area contributed by atoms with Crippen LogP contribution in [0, 0.1) is 17.0 Å². The first kappa shape index (κ1) is 21.1. The Hall–Kier alpha value is -4.78. The molecule has 1 amide bonds. The molecule has 1 aromatic heterocycles. The summed E-state index contributed by atoms with van der Waals surface area (Å²) < 4.78 is 5.90. The van der Waals surface area contributed by atoms with Gasteiger partial charge in [0, 0.05) is 28.4 Å². The molecule has 0 aliphatic rings. The van der Waals surface area contributed by atoms with Gasteiger partial charge in [-0.2, -0.15) is 0 Å². The zero-order valence-corrected chi connectivity index (χ0v) is 18.2. The van der Waals surface area contributed by atoms with E-state index in [2.05, 4.69) is 22.4 Å². The van der Waals surface area contributed by atoms with Crippen molar-refractivity contribution >= 4 is 28.4 Å². The van der Waals surface area contributed by atoms with Crippen LogP contribution in [0.4, 0.5) is 11.4 Å². The molecule has 0 fully saturated rings. The Bertz CT molecular complexity index is 1520. The normalized spacial score (nSPS) is 10.9. The number of aromatic nitrogens is 1. The number of rotatable bonds is 5. The number of nitrogens with one attached hydrogen (secondary N) is 1. The molecule has 1 heterocycles. The molecule has 4 aromatic carbocycles. The zero-order valence-electron chi connectivity index (χ0n) is 18.2. The van der Waals surface area contributed by atoms with Crippen molar-refractivity contribution in [3.05, 3.63) is 112 Å². The number of hydrogen-bond acceptors (Lipinski definition) is 5. The summed E-state index contributed by atoms with van der Waals surface area (Å²) in [4.78, 5) is 27.9. The summed E-state index contributed by atoms with van der Waals surface area (Å²) >= 11 is 0. The highest BCUT2D eigenvalue weighted by molar-refractivity contribution is 6.05. The molecule has 7 nitrogen and oxygen atoms in total. The molecule has 0 aliphatic carbocycles. The third kappa shape index (κ3) is 4.14. The molecule has 5 rings (SSSR count). The molecular formula is C27H19N3O4. The molecule has 1 N–H and O–H groups in total. The third-order valence-corrected chi connectivity index (χ3v) is 5.55. The van der Waals surface area contributed by atoms with Gasteiger partial charge in [0.1, 0.15) is 5.52 Å². The molecule has 0 aliphatic heterocycles. The second-order valence-electron chi connectivity index (χ2n) is 7.86. The lowest BCUT2D eigenvalue weighted by molar-refractivity contribution is -0.385. The predicted octanol–water partition coefficient (Wildman–Crippen LogP) is 6.63. The van der Waals surface area contributed by atoms with Crippen LogP contribution in [-0.2, 0) is 0 Å². The van der Waals surface area contributed by atoms with E-state index in [4.69, 9.17) is 4.42 Å². The van der Waals surface area contributed by atoms with Gasteiger partial charge in [-0.05, 0) is 54.4 Å². The van der Waals surface area contributed by atoms with Gasteiger partial charge in [-0.15, -0.1) is 0 Å². The lowest BCUT2D eigenvalue weighted by atomic mass is 10.0. The average molecular weight is 449 g/mol. The molecule has 0 bridgehead atoms. The lowest BCUT2D eigenvalue weighted by Crippen LogP contribution is -2.12. The second kappa shape index (κ2) is 8.63. The van der Waals surface area contributed by atoms with Gasteiger partial charge in [0.15, 0.2) is 5.58 Å². The fourth-order valence-corrected chi connectivity index (χ4v) is 3.72. The number of aryl methyl sites for hydroxylation is 1. The number of amides is 1. The molecule has 166 valence electrons. The molecule has 0 saturated heterocycles. The van der Waals surface area contributed by atoms with Crippen molar-refractivity contribution in [1.82, 2.24) is 4.98 Å². The SMILES string of the molecule is Cc1ccc(C(=O)Nc2ccc3oc(-c4ccc(-c5ccccc5)cc4)nc3c2)cc1[N+](=O)[O-]. The van der Waals surface area contributed by atoms with Gasteiger partial charge in [-0.3, -0.25) is 14.9 Å². The molecule has 0 unspecified atom stereocenters. The van der Waals surface area contributed by atoms with Gasteiger partial charge in [-0.25, -0.2) is 4.98 Å². The summed E-state index contributed by atoms with van der Waals surface area (Å²) in [5, 5.41) is 13.9. The minimum Gasteiger partial charge on any atom is -0.436 e. The number of carbonyl (C=O) groups excluding carboxylic acids is 1. The molecule has 34 heavy (non-hydrogen) atoms. The van der Waals surface area contributed by atoms with Crippen LogP contribution in [0.5, 0.6) is 0 Å². The number of fused-ring (bicyclic) bond motifs is 1. The van der Waals surface area contributed by atoms with E-state index in [0.717, 1.165) is 16.7 Å². The van der Waals surface area contributed by atoms with Crippen LogP contribution in [0.25, 0.3) is 33.7 Å². The van der Waals surface area contributed by atoms with Crippen molar-refractivity contribution in [3.8, 4) is 22.6 Å². The summed E-state index contributed by atoms with van der Waals surface area (Å²) in [6, 6.07) is 27.6. The fourth-order valence-electron chi connectivity index (χ4n) is 3.72. The minimum atomic E-state index is -0.499. The molecule has 0 spiro atoms. The average Bonchev–Trinajstić information content (AvgIpc) is 3.28. The Kier molecular flexibility index (Phi) is 5.35. The van der Waals surface area contributed by atoms with Crippen LogP contribution in [0.15, 0.2) is 95.4 Å². The van der Waals surface area contributed by atoms with E-state index in [-0.39, 0.29) is 11.3 Å². The minimum absolute atomic E-state index is 0.0949. The highest BCUT2D eigenvalue weighted by Gasteiger charge is 2.16. The quantitative estimate of drug-likeness (QED) is 0.240. The van der Waals surface area contributed by atoms with Crippen LogP contribution in [0.2, 0.25) is 0 Å². The third-order valence-electron chi connectivity index (χ3n) is 5.55. The summed E-state index contributed by atoms with van der Waals surface area (Å²) in [5.41, 5.74) is 5.37. The van der Waals surface area contributed by atoms with Crippen molar-refractivity contribution in [2.75, 3.05) is 5.32 Å². The van der Waals surface area contributed by atoms with Crippen LogP contribution >= 0.6 is 0 Å². The zero-order chi connectivity index (χ0) is 23.7. The number of anilines is 1. The highest BCUT2D eigenvalue weighted by Crippen LogP contribution is 2.29. The Morgan fingerprint density at radius 1 is 0.882 bits per heavy atom. The summed E-state index contributed by atoms with van der Waals surface area (Å²) in [6.45, 7) is 1.63. The number of oxazole rings is 1. The van der Waals surface area contributed by atoms with Crippen LogP contribution in [-0.4, -0.2) is 15.8 Å². The molecule has 7 heteroatoms. The van der Waals surface area contributed by atoms with E-state index in [9.17, 15) is 14.9 Å². The Balaban J connectivity index is 1.37. The fraction of sp³-hybridized carbons (Fsp3) is 0.0370. The number of nitro groups is 1. The number of benzene rings is 4.